The van der Waals surface area contributed by atoms with Gasteiger partial charge in [0.2, 0.25) is 0 Å². The number of alkyl carbamates (subject to hydrolysis) is 2. The lowest BCUT2D eigenvalue weighted by Crippen LogP contribution is -2.52. The van der Waals surface area contributed by atoms with Crippen LogP contribution in [-0.2, 0) is 35.5 Å². The van der Waals surface area contributed by atoms with E-state index in [1.54, 1.807) is 52.6 Å². The quantitative estimate of drug-likeness (QED) is 0.138. The Balaban J connectivity index is 1.37. The van der Waals surface area contributed by atoms with Crippen molar-refractivity contribution in [3.63, 3.8) is 0 Å². The minimum Gasteiger partial charge on any atom is -0.444 e. The first-order chi connectivity index (χ1) is 23.0. The first kappa shape index (κ1) is 33.3. The number of hydrogen-bond donors (Lipinski definition) is 2. The first-order valence-corrected chi connectivity index (χ1v) is 16.8. The van der Waals surface area contributed by atoms with E-state index < -0.39 is 24.3 Å². The second-order valence-electron chi connectivity index (χ2n) is 10.7. The topological polar surface area (TPSA) is 123 Å². The maximum Gasteiger partial charge on any atom is 0.407 e. The maximum atomic E-state index is 14.1. The Morgan fingerprint density at radius 2 is 1.06 bits per heavy atom. The van der Waals surface area contributed by atoms with Gasteiger partial charge in [-0.05, 0) is 36.1 Å². The number of benzene rings is 3. The Morgan fingerprint density at radius 3 is 1.47 bits per heavy atom. The van der Waals surface area contributed by atoms with Gasteiger partial charge in [0.05, 0.1) is 32.9 Å². The van der Waals surface area contributed by atoms with Crippen LogP contribution in [0.25, 0.3) is 0 Å². The standard InChI is InChI=1S/C35H35N5O5S2/c41-33(28-14-8-3-9-15-28)40(20-29(16-26-10-4-1-5-11-26)38-34(42)44-22-31-18-36-24-46-31)21-30(17-27-12-6-2-7-13-27)39-35(43)45-23-32-19-37-25-47-32/h1-15,18-19,24-25,29-30H,16-17,20-23H2,(H,38,42)(H,39,43)/t29-,30+. The molecule has 0 aliphatic carbocycles. The molecule has 0 aliphatic rings. The lowest BCUT2D eigenvalue weighted by atomic mass is 10.0. The number of hydrogen-bond acceptors (Lipinski definition) is 9. The number of aromatic nitrogens is 2. The third kappa shape index (κ3) is 11.0. The number of amides is 3. The van der Waals surface area contributed by atoms with Crippen LogP contribution in [0.3, 0.4) is 0 Å². The summed E-state index contributed by atoms with van der Waals surface area (Å²) in [6.07, 6.45) is 3.00. The van der Waals surface area contributed by atoms with E-state index in [0.29, 0.717) is 18.4 Å². The Labute approximate surface area is 281 Å². The normalized spacial score (nSPS) is 12.0. The highest BCUT2D eigenvalue weighted by molar-refractivity contribution is 7.09. The maximum absolute atomic E-state index is 14.1. The summed E-state index contributed by atoms with van der Waals surface area (Å²) in [5.74, 6) is -0.235. The Bertz CT molecular complexity index is 1560. The van der Waals surface area contributed by atoms with Gasteiger partial charge in [-0.15, -0.1) is 22.7 Å². The zero-order valence-corrected chi connectivity index (χ0v) is 27.2. The molecule has 47 heavy (non-hydrogen) atoms. The van der Waals surface area contributed by atoms with Crippen LogP contribution < -0.4 is 10.6 Å². The van der Waals surface area contributed by atoms with Crippen molar-refractivity contribution in [1.29, 1.82) is 0 Å². The minimum atomic E-state index is -0.600. The van der Waals surface area contributed by atoms with Crippen molar-refractivity contribution in [2.75, 3.05) is 13.1 Å². The molecule has 2 N–H and O–H groups in total. The summed E-state index contributed by atoms with van der Waals surface area (Å²) in [7, 11) is 0. The van der Waals surface area contributed by atoms with Crippen molar-refractivity contribution in [3.05, 3.63) is 141 Å². The van der Waals surface area contributed by atoms with Crippen LogP contribution >= 0.6 is 22.7 Å². The molecule has 0 bridgehead atoms. The molecule has 0 unspecified atom stereocenters. The van der Waals surface area contributed by atoms with E-state index in [1.165, 1.54) is 22.7 Å². The molecular formula is C35H35N5O5S2. The molecule has 0 spiro atoms. The van der Waals surface area contributed by atoms with Gasteiger partial charge in [-0.3, -0.25) is 14.8 Å². The molecule has 0 aliphatic heterocycles. The lowest BCUT2D eigenvalue weighted by Gasteiger charge is -2.32. The average molecular weight is 670 g/mol. The van der Waals surface area contributed by atoms with Gasteiger partial charge in [-0.2, -0.15) is 0 Å². The third-order valence-corrected chi connectivity index (χ3v) is 8.65. The van der Waals surface area contributed by atoms with Crippen molar-refractivity contribution in [2.24, 2.45) is 0 Å². The Morgan fingerprint density at radius 1 is 0.638 bits per heavy atom. The summed E-state index contributed by atoms with van der Waals surface area (Å²) in [6.45, 7) is 0.490. The second-order valence-corrected chi connectivity index (χ2v) is 12.7. The molecule has 0 saturated carbocycles. The van der Waals surface area contributed by atoms with Gasteiger partial charge in [0.25, 0.3) is 5.91 Å². The predicted octanol–water partition coefficient (Wildman–Crippen LogP) is 6.12. The molecule has 0 saturated heterocycles. The molecule has 2 aromatic heterocycles. The summed E-state index contributed by atoms with van der Waals surface area (Å²) in [6, 6.07) is 27.4. The molecule has 10 nitrogen and oxygen atoms in total. The highest BCUT2D eigenvalue weighted by Crippen LogP contribution is 2.14. The number of nitrogens with zero attached hydrogens (tertiary/aromatic N) is 3. The number of carbonyl (C=O) groups is 3. The number of nitrogens with one attached hydrogen (secondary N) is 2. The van der Waals surface area contributed by atoms with Crippen LogP contribution in [0.1, 0.15) is 31.2 Å². The third-order valence-electron chi connectivity index (χ3n) is 7.14. The fraction of sp³-hybridized carbons (Fsp3) is 0.229. The molecule has 3 amide bonds. The summed E-state index contributed by atoms with van der Waals surface area (Å²) < 4.78 is 11.0. The molecule has 3 aromatic carbocycles. The van der Waals surface area contributed by atoms with Crippen molar-refractivity contribution in [1.82, 2.24) is 25.5 Å². The second kappa shape index (κ2) is 17.6. The van der Waals surface area contributed by atoms with Crippen LogP contribution in [0.15, 0.2) is 114 Å². The van der Waals surface area contributed by atoms with Crippen LogP contribution in [0.2, 0.25) is 0 Å². The smallest absolute Gasteiger partial charge is 0.407 e. The molecule has 2 atom stereocenters. The van der Waals surface area contributed by atoms with Crippen LogP contribution in [0, 0.1) is 0 Å². The summed E-state index contributed by atoms with van der Waals surface area (Å²) in [5, 5.41) is 5.95. The van der Waals surface area contributed by atoms with E-state index in [1.807, 2.05) is 66.7 Å². The molecule has 2 heterocycles. The largest absolute Gasteiger partial charge is 0.444 e. The van der Waals surface area contributed by atoms with Gasteiger partial charge in [0.15, 0.2) is 0 Å². The van der Waals surface area contributed by atoms with Crippen molar-refractivity contribution < 1.29 is 23.9 Å². The van der Waals surface area contributed by atoms with Crippen molar-refractivity contribution >= 4 is 40.8 Å². The average Bonchev–Trinajstić information content (AvgIpc) is 3.82. The molecule has 12 heteroatoms. The van der Waals surface area contributed by atoms with E-state index >= 15 is 0 Å². The van der Waals surface area contributed by atoms with Crippen LogP contribution in [-0.4, -0.2) is 58.1 Å². The lowest BCUT2D eigenvalue weighted by molar-refractivity contribution is 0.0705. The van der Waals surface area contributed by atoms with E-state index in [-0.39, 0.29) is 32.2 Å². The number of carbonyl (C=O) groups excluding carboxylic acids is 3. The SMILES string of the molecule is O=C(N[C@H](Cc1ccccc1)CN(C[C@H](Cc1ccccc1)NC(=O)OCc1cncs1)C(=O)c1ccccc1)OCc1cncs1. The fourth-order valence-corrected chi connectivity index (χ4v) is 5.98. The van der Waals surface area contributed by atoms with Gasteiger partial charge in [-0.25, -0.2) is 9.59 Å². The molecule has 242 valence electrons. The van der Waals surface area contributed by atoms with E-state index in [9.17, 15) is 14.4 Å². The molecular weight excluding hydrogens is 635 g/mol. The highest BCUT2D eigenvalue weighted by atomic mass is 32.1. The zero-order chi connectivity index (χ0) is 32.7. The summed E-state index contributed by atoms with van der Waals surface area (Å²) >= 11 is 2.79. The minimum absolute atomic E-state index is 0.0912. The fourth-order valence-electron chi connectivity index (χ4n) is 4.97. The van der Waals surface area contributed by atoms with Gasteiger partial charge in [0.1, 0.15) is 13.2 Å². The molecule has 5 rings (SSSR count). The predicted molar refractivity (Wildman–Crippen MR) is 181 cm³/mol. The monoisotopic (exact) mass is 669 g/mol. The van der Waals surface area contributed by atoms with Gasteiger partial charge in [0, 0.05) is 31.0 Å². The van der Waals surface area contributed by atoms with Gasteiger partial charge >= 0.3 is 12.2 Å². The molecule has 5 aromatic rings. The van der Waals surface area contributed by atoms with E-state index in [4.69, 9.17) is 9.47 Å². The Kier molecular flexibility index (Phi) is 12.5. The number of ether oxygens (including phenoxy) is 2. The van der Waals surface area contributed by atoms with Crippen LogP contribution in [0.4, 0.5) is 9.59 Å². The van der Waals surface area contributed by atoms with E-state index in [2.05, 4.69) is 20.6 Å². The summed E-state index contributed by atoms with van der Waals surface area (Å²) in [4.78, 5) is 51.5. The zero-order valence-electron chi connectivity index (χ0n) is 25.6. The molecule has 0 radical (unpaired) electrons. The van der Waals surface area contributed by atoms with Gasteiger partial charge in [-0.1, -0.05) is 78.9 Å². The van der Waals surface area contributed by atoms with E-state index in [0.717, 1.165) is 20.9 Å². The number of rotatable bonds is 15. The highest BCUT2D eigenvalue weighted by Gasteiger charge is 2.27. The number of thiazole rings is 2. The van der Waals surface area contributed by atoms with Gasteiger partial charge < -0.3 is 25.0 Å². The first-order valence-electron chi connectivity index (χ1n) is 15.1. The van der Waals surface area contributed by atoms with Crippen LogP contribution in [0.5, 0.6) is 0 Å². The Hall–Kier alpha value is -5.07. The summed E-state index contributed by atoms with van der Waals surface area (Å²) in [5.41, 5.74) is 5.81. The van der Waals surface area contributed by atoms with Crippen molar-refractivity contribution in [2.45, 2.75) is 38.1 Å². The van der Waals surface area contributed by atoms with Crippen molar-refractivity contribution in [3.8, 4) is 0 Å². The molecule has 0 fully saturated rings.